The van der Waals surface area contributed by atoms with Gasteiger partial charge in [-0.05, 0) is 25.9 Å². The number of carbonyl (C=O) groups excluding carboxylic acids is 1. The molecule has 5 nitrogen and oxygen atoms in total. The molecule has 1 saturated heterocycles. The fraction of sp³-hybridized carbons (Fsp3) is 0.667. The van der Waals surface area contributed by atoms with Crippen LogP contribution in [0.5, 0.6) is 0 Å². The molecule has 0 radical (unpaired) electrons. The number of piperidine rings is 1. The predicted molar refractivity (Wildman–Crippen MR) is 48.4 cm³/mol. The van der Waals surface area contributed by atoms with Crippen molar-refractivity contribution in [2.24, 2.45) is 5.92 Å². The standard InChI is InChI=1S/C9H13N3O2/c13-6-8-1-3-12(4-2-8)5-9-10-7-11-14-9/h6-8H,1-5H2. The van der Waals surface area contributed by atoms with Gasteiger partial charge in [-0.1, -0.05) is 5.16 Å². The summed E-state index contributed by atoms with van der Waals surface area (Å²) in [4.78, 5) is 16.7. The van der Waals surface area contributed by atoms with Crippen LogP contribution in [-0.2, 0) is 11.3 Å². The first-order valence-electron chi connectivity index (χ1n) is 4.81. The second-order valence-corrected chi connectivity index (χ2v) is 3.58. The molecule has 0 saturated carbocycles. The summed E-state index contributed by atoms with van der Waals surface area (Å²) < 4.78 is 4.92. The van der Waals surface area contributed by atoms with Crippen LogP contribution >= 0.6 is 0 Å². The second-order valence-electron chi connectivity index (χ2n) is 3.58. The molecule has 76 valence electrons. The van der Waals surface area contributed by atoms with Gasteiger partial charge in [-0.2, -0.15) is 4.98 Å². The van der Waals surface area contributed by atoms with Crippen molar-refractivity contribution in [1.82, 2.24) is 15.0 Å². The highest BCUT2D eigenvalue weighted by molar-refractivity contribution is 5.53. The van der Waals surface area contributed by atoms with Gasteiger partial charge < -0.3 is 9.32 Å². The Labute approximate surface area is 82.1 Å². The van der Waals surface area contributed by atoms with Crippen LogP contribution in [0.2, 0.25) is 0 Å². The summed E-state index contributed by atoms with van der Waals surface area (Å²) in [5.41, 5.74) is 0. The van der Waals surface area contributed by atoms with E-state index in [0.29, 0.717) is 12.4 Å². The van der Waals surface area contributed by atoms with E-state index in [4.69, 9.17) is 4.52 Å². The molecule has 1 aliphatic heterocycles. The van der Waals surface area contributed by atoms with Gasteiger partial charge in [0.15, 0.2) is 6.33 Å². The molecule has 5 heteroatoms. The molecule has 0 spiro atoms. The third-order valence-corrected chi connectivity index (χ3v) is 2.59. The number of aromatic nitrogens is 2. The summed E-state index contributed by atoms with van der Waals surface area (Å²) in [5.74, 6) is 0.892. The number of aldehydes is 1. The van der Waals surface area contributed by atoms with Crippen molar-refractivity contribution in [3.63, 3.8) is 0 Å². The molecule has 1 fully saturated rings. The van der Waals surface area contributed by atoms with E-state index in [1.807, 2.05) is 0 Å². The third-order valence-electron chi connectivity index (χ3n) is 2.59. The molecular weight excluding hydrogens is 182 g/mol. The Kier molecular flexibility index (Phi) is 2.88. The molecule has 1 aromatic heterocycles. The van der Waals surface area contributed by atoms with E-state index in [-0.39, 0.29) is 5.92 Å². The van der Waals surface area contributed by atoms with Gasteiger partial charge in [-0.15, -0.1) is 0 Å². The topological polar surface area (TPSA) is 59.2 Å². The summed E-state index contributed by atoms with van der Waals surface area (Å²) in [5, 5.41) is 3.55. The first-order valence-corrected chi connectivity index (χ1v) is 4.81. The van der Waals surface area contributed by atoms with Gasteiger partial charge >= 0.3 is 0 Å². The van der Waals surface area contributed by atoms with E-state index in [0.717, 1.165) is 32.2 Å². The molecule has 0 unspecified atom stereocenters. The molecule has 14 heavy (non-hydrogen) atoms. The van der Waals surface area contributed by atoms with E-state index in [2.05, 4.69) is 15.0 Å². The molecule has 0 bridgehead atoms. The Bertz CT molecular complexity index is 278. The fourth-order valence-corrected chi connectivity index (χ4v) is 1.70. The highest BCUT2D eigenvalue weighted by atomic mass is 16.5. The number of hydrogen-bond acceptors (Lipinski definition) is 5. The molecule has 0 N–H and O–H groups in total. The average molecular weight is 195 g/mol. The number of likely N-dealkylation sites (tertiary alicyclic amines) is 1. The van der Waals surface area contributed by atoms with Crippen molar-refractivity contribution in [3.8, 4) is 0 Å². The van der Waals surface area contributed by atoms with Crippen molar-refractivity contribution in [3.05, 3.63) is 12.2 Å². The highest BCUT2D eigenvalue weighted by Gasteiger charge is 2.19. The van der Waals surface area contributed by atoms with Gasteiger partial charge in [0.2, 0.25) is 5.89 Å². The number of carbonyl (C=O) groups is 1. The van der Waals surface area contributed by atoms with Gasteiger partial charge in [0.05, 0.1) is 6.54 Å². The van der Waals surface area contributed by atoms with Crippen LogP contribution in [0.25, 0.3) is 0 Å². The lowest BCUT2D eigenvalue weighted by Crippen LogP contribution is -2.33. The molecule has 1 aromatic rings. The Balaban J connectivity index is 1.81. The summed E-state index contributed by atoms with van der Waals surface area (Å²) in [6.45, 7) is 2.57. The maximum absolute atomic E-state index is 10.5. The minimum atomic E-state index is 0.244. The maximum atomic E-state index is 10.5. The lowest BCUT2D eigenvalue weighted by molar-refractivity contribution is -0.112. The number of nitrogens with zero attached hydrogens (tertiary/aromatic N) is 3. The second kappa shape index (κ2) is 4.32. The fourth-order valence-electron chi connectivity index (χ4n) is 1.70. The third kappa shape index (κ3) is 2.17. The highest BCUT2D eigenvalue weighted by Crippen LogP contribution is 2.16. The first kappa shape index (κ1) is 9.33. The van der Waals surface area contributed by atoms with E-state index in [9.17, 15) is 4.79 Å². The van der Waals surface area contributed by atoms with Crippen LogP contribution in [0.4, 0.5) is 0 Å². The molecular formula is C9H13N3O2. The Morgan fingerprint density at radius 3 is 2.93 bits per heavy atom. The summed E-state index contributed by atoms with van der Waals surface area (Å²) in [6.07, 6.45) is 4.35. The monoisotopic (exact) mass is 195 g/mol. The van der Waals surface area contributed by atoms with Crippen LogP contribution in [0.3, 0.4) is 0 Å². The molecule has 2 rings (SSSR count). The Morgan fingerprint density at radius 1 is 1.57 bits per heavy atom. The van der Waals surface area contributed by atoms with Crippen molar-refractivity contribution < 1.29 is 9.32 Å². The zero-order chi connectivity index (χ0) is 9.80. The van der Waals surface area contributed by atoms with Crippen molar-refractivity contribution in [1.29, 1.82) is 0 Å². The number of rotatable bonds is 3. The van der Waals surface area contributed by atoms with Crippen LogP contribution in [0, 0.1) is 5.92 Å². The van der Waals surface area contributed by atoms with Gasteiger partial charge in [-0.3, -0.25) is 4.90 Å². The first-order chi connectivity index (χ1) is 6.88. The summed E-state index contributed by atoms with van der Waals surface area (Å²) >= 11 is 0. The average Bonchev–Trinajstić information content (AvgIpc) is 2.72. The largest absolute Gasteiger partial charge is 0.338 e. The Hall–Kier alpha value is -1.23. The molecule has 0 atom stereocenters. The van der Waals surface area contributed by atoms with E-state index in [1.165, 1.54) is 6.33 Å². The quantitative estimate of drug-likeness (QED) is 0.656. The summed E-state index contributed by atoms with van der Waals surface area (Å²) in [6, 6.07) is 0. The van der Waals surface area contributed by atoms with Crippen LogP contribution in [-0.4, -0.2) is 34.4 Å². The molecule has 0 amide bonds. The minimum Gasteiger partial charge on any atom is -0.338 e. The van der Waals surface area contributed by atoms with E-state index < -0.39 is 0 Å². The van der Waals surface area contributed by atoms with E-state index in [1.54, 1.807) is 0 Å². The van der Waals surface area contributed by atoms with Crippen molar-refractivity contribution in [2.75, 3.05) is 13.1 Å². The Morgan fingerprint density at radius 2 is 2.36 bits per heavy atom. The number of hydrogen-bond donors (Lipinski definition) is 0. The molecule has 1 aliphatic rings. The van der Waals surface area contributed by atoms with Crippen LogP contribution < -0.4 is 0 Å². The zero-order valence-electron chi connectivity index (χ0n) is 7.93. The van der Waals surface area contributed by atoms with Gasteiger partial charge in [0.25, 0.3) is 0 Å². The van der Waals surface area contributed by atoms with Gasteiger partial charge in [0, 0.05) is 5.92 Å². The molecule has 0 aromatic carbocycles. The zero-order valence-corrected chi connectivity index (χ0v) is 7.93. The normalized spacial score (nSPS) is 19.7. The van der Waals surface area contributed by atoms with E-state index >= 15 is 0 Å². The van der Waals surface area contributed by atoms with Crippen molar-refractivity contribution >= 4 is 6.29 Å². The lowest BCUT2D eigenvalue weighted by atomic mass is 9.99. The predicted octanol–water partition coefficient (Wildman–Crippen LogP) is 0.480. The minimum absolute atomic E-state index is 0.244. The maximum Gasteiger partial charge on any atom is 0.240 e. The lowest BCUT2D eigenvalue weighted by Gasteiger charge is -2.27. The van der Waals surface area contributed by atoms with Crippen molar-refractivity contribution in [2.45, 2.75) is 19.4 Å². The summed E-state index contributed by atoms with van der Waals surface area (Å²) in [7, 11) is 0. The SMILES string of the molecule is O=CC1CCN(Cc2ncno2)CC1. The molecule has 2 heterocycles. The van der Waals surface area contributed by atoms with Crippen LogP contribution in [0.15, 0.2) is 10.9 Å². The molecule has 0 aliphatic carbocycles. The van der Waals surface area contributed by atoms with Crippen LogP contribution in [0.1, 0.15) is 18.7 Å². The van der Waals surface area contributed by atoms with Gasteiger partial charge in [-0.25, -0.2) is 0 Å². The smallest absolute Gasteiger partial charge is 0.240 e. The van der Waals surface area contributed by atoms with Gasteiger partial charge in [0.1, 0.15) is 6.29 Å².